The minimum atomic E-state index is -0.442. The van der Waals surface area contributed by atoms with E-state index < -0.39 is 11.9 Å². The zero-order valence-corrected chi connectivity index (χ0v) is 21.2. The third-order valence-corrected chi connectivity index (χ3v) is 6.79. The van der Waals surface area contributed by atoms with Crippen molar-refractivity contribution in [2.24, 2.45) is 0 Å². The maximum Gasteiger partial charge on any atom is 0.337 e. The number of halogens is 1. The second kappa shape index (κ2) is 11.9. The first kappa shape index (κ1) is 25.6. The number of amides is 3. The molecule has 3 amide bonds. The Bertz CT molecular complexity index is 1170. The quantitative estimate of drug-likeness (QED) is 0.230. The van der Waals surface area contributed by atoms with Gasteiger partial charge in [-0.05, 0) is 58.3 Å². The number of carbonyl (C=O) groups excluding carboxylic acids is 4. The predicted molar refractivity (Wildman–Crippen MR) is 137 cm³/mol. The highest BCUT2D eigenvalue weighted by Gasteiger charge is 2.31. The standard InChI is InChI=1S/C23H20BrN3O5S2/c1-32-22(31)15-10-8-14(9-11-15)13-18-21(30)27(23(33)34-18)12-4-7-19(28)25-26-20(29)16-5-2-3-6-17(16)24/h2-3,5-6,8-11,13H,4,7,12H2,1H3,(H,25,28)(H,26,29). The first-order valence-corrected chi connectivity index (χ1v) is 12.1. The first-order valence-electron chi connectivity index (χ1n) is 10.1. The maximum atomic E-state index is 12.7. The molecule has 34 heavy (non-hydrogen) atoms. The van der Waals surface area contributed by atoms with E-state index in [9.17, 15) is 19.2 Å². The number of benzene rings is 2. The van der Waals surface area contributed by atoms with Crippen LogP contribution in [-0.2, 0) is 14.3 Å². The molecule has 0 aromatic heterocycles. The van der Waals surface area contributed by atoms with Crippen LogP contribution in [0.2, 0.25) is 0 Å². The van der Waals surface area contributed by atoms with E-state index in [1.165, 1.54) is 23.8 Å². The van der Waals surface area contributed by atoms with Gasteiger partial charge in [0.05, 0.1) is 23.1 Å². The molecule has 1 aliphatic heterocycles. The largest absolute Gasteiger partial charge is 0.465 e. The molecule has 0 saturated carbocycles. The minimum absolute atomic E-state index is 0.0985. The number of carbonyl (C=O) groups is 4. The van der Waals surface area contributed by atoms with Gasteiger partial charge < -0.3 is 4.74 Å². The van der Waals surface area contributed by atoms with Gasteiger partial charge in [-0.15, -0.1) is 0 Å². The summed E-state index contributed by atoms with van der Waals surface area (Å²) in [4.78, 5) is 50.4. The molecule has 3 rings (SSSR count). The third-order valence-electron chi connectivity index (χ3n) is 4.72. The van der Waals surface area contributed by atoms with Gasteiger partial charge in [0.1, 0.15) is 4.32 Å². The Morgan fingerprint density at radius 1 is 1.12 bits per heavy atom. The zero-order chi connectivity index (χ0) is 24.7. The predicted octanol–water partition coefficient (Wildman–Crippen LogP) is 3.68. The molecule has 176 valence electrons. The van der Waals surface area contributed by atoms with Crippen LogP contribution in [-0.4, -0.2) is 46.6 Å². The Balaban J connectivity index is 1.48. The van der Waals surface area contributed by atoms with Crippen LogP contribution in [0.4, 0.5) is 0 Å². The van der Waals surface area contributed by atoms with Gasteiger partial charge in [0.25, 0.3) is 11.8 Å². The van der Waals surface area contributed by atoms with Gasteiger partial charge in [0.15, 0.2) is 0 Å². The Morgan fingerprint density at radius 2 is 1.82 bits per heavy atom. The lowest BCUT2D eigenvalue weighted by atomic mass is 10.1. The molecular formula is C23H20BrN3O5S2. The van der Waals surface area contributed by atoms with Crippen LogP contribution in [0.25, 0.3) is 6.08 Å². The lowest BCUT2D eigenvalue weighted by Crippen LogP contribution is -2.42. The summed E-state index contributed by atoms with van der Waals surface area (Å²) < 4.78 is 5.70. The minimum Gasteiger partial charge on any atom is -0.465 e. The van der Waals surface area contributed by atoms with E-state index in [1.807, 2.05) is 0 Å². The van der Waals surface area contributed by atoms with Gasteiger partial charge in [-0.3, -0.25) is 30.1 Å². The van der Waals surface area contributed by atoms with Crippen molar-refractivity contribution in [3.63, 3.8) is 0 Å². The summed E-state index contributed by atoms with van der Waals surface area (Å²) in [7, 11) is 1.31. The number of thiocarbonyl (C=S) groups is 1. The second-order valence-electron chi connectivity index (χ2n) is 7.03. The highest BCUT2D eigenvalue weighted by Crippen LogP contribution is 2.32. The number of hydrazine groups is 1. The van der Waals surface area contributed by atoms with Crippen LogP contribution in [0.15, 0.2) is 57.9 Å². The van der Waals surface area contributed by atoms with Crippen LogP contribution in [0, 0.1) is 0 Å². The normalized spacial score (nSPS) is 14.3. The smallest absolute Gasteiger partial charge is 0.337 e. The number of methoxy groups -OCH3 is 1. The lowest BCUT2D eigenvalue weighted by molar-refractivity contribution is -0.124. The van der Waals surface area contributed by atoms with Gasteiger partial charge >= 0.3 is 5.97 Å². The van der Waals surface area contributed by atoms with Gasteiger partial charge in [-0.25, -0.2) is 4.79 Å². The van der Waals surface area contributed by atoms with E-state index in [-0.39, 0.29) is 24.8 Å². The van der Waals surface area contributed by atoms with E-state index in [2.05, 4.69) is 31.5 Å². The van der Waals surface area contributed by atoms with Crippen LogP contribution in [0.5, 0.6) is 0 Å². The number of hydrogen-bond acceptors (Lipinski definition) is 7. The van der Waals surface area contributed by atoms with Crippen LogP contribution in [0.1, 0.15) is 39.1 Å². The molecule has 0 unspecified atom stereocenters. The third kappa shape index (κ3) is 6.52. The second-order valence-corrected chi connectivity index (χ2v) is 9.56. The summed E-state index contributed by atoms with van der Waals surface area (Å²) in [5.74, 6) is -1.50. The lowest BCUT2D eigenvalue weighted by Gasteiger charge is -2.14. The van der Waals surface area contributed by atoms with Crippen molar-refractivity contribution in [3.8, 4) is 0 Å². The van der Waals surface area contributed by atoms with Crippen LogP contribution >= 0.6 is 39.9 Å². The highest BCUT2D eigenvalue weighted by atomic mass is 79.9. The molecule has 0 bridgehead atoms. The highest BCUT2D eigenvalue weighted by molar-refractivity contribution is 9.10. The average molecular weight is 562 g/mol. The zero-order valence-electron chi connectivity index (χ0n) is 18.0. The molecule has 8 nitrogen and oxygen atoms in total. The summed E-state index contributed by atoms with van der Waals surface area (Å²) in [6.07, 6.45) is 2.16. The fourth-order valence-corrected chi connectivity index (χ4v) is 4.75. The van der Waals surface area contributed by atoms with Gasteiger partial charge in [-0.1, -0.05) is 48.2 Å². The van der Waals surface area contributed by atoms with Gasteiger partial charge in [0.2, 0.25) is 5.91 Å². The number of rotatable bonds is 7. The summed E-state index contributed by atoms with van der Waals surface area (Å²) in [5.41, 5.74) is 6.29. The van der Waals surface area contributed by atoms with Crippen molar-refractivity contribution in [3.05, 3.63) is 74.6 Å². The van der Waals surface area contributed by atoms with E-state index in [0.717, 1.165) is 5.56 Å². The Kier molecular flexibility index (Phi) is 8.97. The van der Waals surface area contributed by atoms with E-state index in [0.29, 0.717) is 31.2 Å². The van der Waals surface area contributed by atoms with E-state index in [4.69, 9.17) is 12.2 Å². The maximum absolute atomic E-state index is 12.7. The molecule has 1 heterocycles. The summed E-state index contributed by atoms with van der Waals surface area (Å²) >= 11 is 9.78. The van der Waals surface area contributed by atoms with E-state index in [1.54, 1.807) is 54.6 Å². The van der Waals surface area contributed by atoms with Crippen molar-refractivity contribution in [2.75, 3.05) is 13.7 Å². The molecule has 0 aliphatic carbocycles. The number of hydrogen-bond donors (Lipinski definition) is 2. The molecule has 0 radical (unpaired) electrons. The molecule has 2 N–H and O–H groups in total. The summed E-state index contributed by atoms with van der Waals surface area (Å²) in [6.45, 7) is 0.273. The molecule has 1 aliphatic rings. The molecule has 1 saturated heterocycles. The van der Waals surface area contributed by atoms with Crippen molar-refractivity contribution < 1.29 is 23.9 Å². The van der Waals surface area contributed by atoms with Crippen LogP contribution in [0.3, 0.4) is 0 Å². The number of thioether (sulfide) groups is 1. The summed E-state index contributed by atoms with van der Waals surface area (Å²) in [5, 5.41) is 0. The first-order chi connectivity index (χ1) is 16.3. The SMILES string of the molecule is COC(=O)c1ccc(C=C2SC(=S)N(CCCC(=O)NNC(=O)c3ccccc3Br)C2=O)cc1. The number of nitrogens with zero attached hydrogens (tertiary/aromatic N) is 1. The number of nitrogens with one attached hydrogen (secondary N) is 2. The Hall–Kier alpha value is -3.02. The van der Waals surface area contributed by atoms with Gasteiger partial charge in [-0.2, -0.15) is 0 Å². The average Bonchev–Trinajstić information content (AvgIpc) is 3.10. The molecule has 2 aromatic rings. The number of ether oxygens (including phenoxy) is 1. The molecule has 1 fully saturated rings. The van der Waals surface area contributed by atoms with Crippen LogP contribution < -0.4 is 10.9 Å². The van der Waals surface area contributed by atoms with Crippen molar-refractivity contribution >= 4 is 74.0 Å². The Morgan fingerprint density at radius 3 is 2.50 bits per heavy atom. The van der Waals surface area contributed by atoms with Crippen molar-refractivity contribution in [1.82, 2.24) is 15.8 Å². The monoisotopic (exact) mass is 561 g/mol. The van der Waals surface area contributed by atoms with Crippen molar-refractivity contribution in [2.45, 2.75) is 12.8 Å². The molecular weight excluding hydrogens is 542 g/mol. The fourth-order valence-electron chi connectivity index (χ4n) is 2.98. The molecule has 0 spiro atoms. The molecule has 0 atom stereocenters. The fraction of sp³-hybridized carbons (Fsp3) is 0.174. The molecule has 2 aromatic carbocycles. The topological polar surface area (TPSA) is 105 Å². The van der Waals surface area contributed by atoms with E-state index >= 15 is 0 Å². The van der Waals surface area contributed by atoms with Gasteiger partial charge in [0, 0.05) is 17.4 Å². The summed E-state index contributed by atoms with van der Waals surface area (Å²) in [6, 6.07) is 13.5. The van der Waals surface area contributed by atoms with Crippen molar-refractivity contribution in [1.29, 1.82) is 0 Å². The number of esters is 1. The molecule has 11 heteroatoms. The Labute approximate surface area is 214 Å².